The highest BCUT2D eigenvalue weighted by atomic mass is 32.2. The normalized spacial score (nSPS) is 15.4. The molecule has 0 radical (unpaired) electrons. The summed E-state index contributed by atoms with van der Waals surface area (Å²) in [5, 5.41) is 8.98. The quantitative estimate of drug-likeness (QED) is 0.107. The van der Waals surface area contributed by atoms with E-state index in [0.717, 1.165) is 68.2 Å². The number of benzene rings is 2. The molecule has 0 aliphatic heterocycles. The fourth-order valence-corrected chi connectivity index (χ4v) is 6.96. The predicted octanol–water partition coefficient (Wildman–Crippen LogP) is 10.4. The fourth-order valence-electron chi connectivity index (χ4n) is 6.45. The molecule has 2 aromatic carbocycles. The van der Waals surface area contributed by atoms with E-state index in [1.165, 1.54) is 43.3 Å². The summed E-state index contributed by atoms with van der Waals surface area (Å²) in [5.74, 6) is 8.62. The molecular formula is C40H47FN4S. The van der Waals surface area contributed by atoms with Crippen molar-refractivity contribution in [3.8, 4) is 11.4 Å². The van der Waals surface area contributed by atoms with Gasteiger partial charge in [0.05, 0.1) is 11.2 Å². The summed E-state index contributed by atoms with van der Waals surface area (Å²) in [6.45, 7) is 12.7. The smallest absolute Gasteiger partial charge is 0.124 e. The molecule has 5 rings (SSSR count). The van der Waals surface area contributed by atoms with E-state index in [9.17, 15) is 4.39 Å². The lowest BCUT2D eigenvalue weighted by Gasteiger charge is -2.22. The zero-order valence-corrected chi connectivity index (χ0v) is 28.3. The Morgan fingerprint density at radius 3 is 2.54 bits per heavy atom. The van der Waals surface area contributed by atoms with Gasteiger partial charge in [0.25, 0.3) is 0 Å². The van der Waals surface area contributed by atoms with E-state index < -0.39 is 9.39 Å². The van der Waals surface area contributed by atoms with Crippen molar-refractivity contribution in [2.24, 2.45) is 5.92 Å². The lowest BCUT2D eigenvalue weighted by Crippen LogP contribution is -2.08. The van der Waals surface area contributed by atoms with Crippen LogP contribution in [0.1, 0.15) is 73.4 Å². The average Bonchev–Trinajstić information content (AvgIpc) is 3.63. The first-order valence-corrected chi connectivity index (χ1v) is 18.5. The van der Waals surface area contributed by atoms with Crippen molar-refractivity contribution in [1.29, 1.82) is 0 Å². The highest BCUT2D eigenvalue weighted by Crippen LogP contribution is 2.35. The molecule has 0 unspecified atom stereocenters. The molecule has 1 aliphatic carbocycles. The summed E-state index contributed by atoms with van der Waals surface area (Å²) < 4.78 is 18.2. The minimum atomic E-state index is -1.43. The lowest BCUT2D eigenvalue weighted by molar-refractivity contribution is 0.358. The zero-order valence-electron chi connectivity index (χ0n) is 27.5. The average molecular weight is 635 g/mol. The van der Waals surface area contributed by atoms with Crippen LogP contribution in [0.15, 0.2) is 91.6 Å². The van der Waals surface area contributed by atoms with Crippen LogP contribution in [-0.4, -0.2) is 33.2 Å². The summed E-state index contributed by atoms with van der Waals surface area (Å²) in [6, 6.07) is 13.7. The third-order valence-electron chi connectivity index (χ3n) is 8.80. The van der Waals surface area contributed by atoms with Crippen LogP contribution in [0.25, 0.3) is 33.4 Å². The minimum Gasteiger partial charge on any atom is -0.357 e. The number of H-pyrrole nitrogens is 2. The van der Waals surface area contributed by atoms with Crippen molar-refractivity contribution < 1.29 is 4.39 Å². The van der Waals surface area contributed by atoms with E-state index in [-0.39, 0.29) is 5.82 Å². The van der Waals surface area contributed by atoms with Crippen molar-refractivity contribution in [2.45, 2.75) is 58.9 Å². The van der Waals surface area contributed by atoms with Gasteiger partial charge in [-0.3, -0.25) is 9.82 Å². The molecule has 3 N–H and O–H groups in total. The number of aryl methyl sites for hydroxylation is 1. The van der Waals surface area contributed by atoms with Crippen LogP contribution in [0.4, 0.5) is 4.39 Å². The molecule has 46 heavy (non-hydrogen) atoms. The molecule has 6 heteroatoms. The van der Waals surface area contributed by atoms with Crippen molar-refractivity contribution in [2.75, 3.05) is 6.26 Å². The van der Waals surface area contributed by atoms with Crippen LogP contribution in [0.3, 0.4) is 0 Å². The Morgan fingerprint density at radius 1 is 1.07 bits per heavy atom. The van der Waals surface area contributed by atoms with Crippen molar-refractivity contribution in [3.05, 3.63) is 125 Å². The van der Waals surface area contributed by atoms with Gasteiger partial charge >= 0.3 is 0 Å². The van der Waals surface area contributed by atoms with Gasteiger partial charge in [-0.15, -0.1) is 0 Å². The lowest BCUT2D eigenvalue weighted by atomic mass is 9.84. The third kappa shape index (κ3) is 7.98. The molecule has 0 spiro atoms. The first kappa shape index (κ1) is 33.2. The van der Waals surface area contributed by atoms with E-state index in [2.05, 4.69) is 83.0 Å². The maximum atomic E-state index is 14.9. The molecule has 240 valence electrons. The maximum Gasteiger partial charge on any atom is 0.124 e. The first-order valence-electron chi connectivity index (χ1n) is 16.1. The fraction of sp³-hybridized carbons (Fsp3) is 0.275. The zero-order chi connectivity index (χ0) is 32.8. The van der Waals surface area contributed by atoms with Crippen molar-refractivity contribution in [3.63, 3.8) is 0 Å². The van der Waals surface area contributed by atoms with Crippen molar-refractivity contribution >= 4 is 43.2 Å². The van der Waals surface area contributed by atoms with E-state index in [4.69, 9.17) is 5.10 Å². The first-order chi connectivity index (χ1) is 22.1. The predicted molar refractivity (Wildman–Crippen MR) is 202 cm³/mol. The van der Waals surface area contributed by atoms with Gasteiger partial charge in [0.15, 0.2) is 0 Å². The summed E-state index contributed by atoms with van der Waals surface area (Å²) in [7, 11) is -1.43. The van der Waals surface area contributed by atoms with Crippen LogP contribution in [0, 0.1) is 18.7 Å². The number of fused-ring (bicyclic) bond motifs is 1. The molecule has 0 saturated heterocycles. The molecule has 1 saturated carbocycles. The SMILES string of the molecule is C=C/C=C(/c1cc(F)cc(CNS(=C)(=C)C)c1)c1cc(-c2n[nH]c3ccc(C(/C=C(\C=C)CC4CCCCC4)=C/C)cc23)[nH]c1C. The standard InChI is InChI=1S/C40H47FN4S/c1-8-14-35(33-21-30(22-34(41)23-33)26-42-46(5,6)7)36-25-39(43-27(36)4)40-37-24-32(17-18-38(37)44-45-40)31(10-3)20-28(9-2)19-29-15-12-11-13-16-29/h8-10,14,17-18,20-25,29,42-43H,1-2,5-6,11-13,15-16,19,26H2,3-4,7H3,(H,44,45)/b28-20+,31-10+,35-14-. The summed E-state index contributed by atoms with van der Waals surface area (Å²) >= 11 is 0. The second-order valence-electron chi connectivity index (χ2n) is 12.7. The second-order valence-corrected chi connectivity index (χ2v) is 15.5. The summed E-state index contributed by atoms with van der Waals surface area (Å²) in [5.41, 5.74) is 10.7. The third-order valence-corrected chi connectivity index (χ3v) is 9.64. The van der Waals surface area contributed by atoms with Crippen LogP contribution < -0.4 is 4.72 Å². The molecule has 2 heterocycles. The van der Waals surface area contributed by atoms with E-state index >= 15 is 0 Å². The Labute approximate surface area is 274 Å². The number of nitrogens with one attached hydrogen (secondary N) is 3. The van der Waals surface area contributed by atoms with Gasteiger partial charge in [-0.25, -0.2) is 4.39 Å². The van der Waals surface area contributed by atoms with E-state index in [0.29, 0.717) is 6.54 Å². The van der Waals surface area contributed by atoms with Gasteiger partial charge < -0.3 is 4.98 Å². The topological polar surface area (TPSA) is 56.5 Å². The van der Waals surface area contributed by atoms with Gasteiger partial charge in [-0.2, -0.15) is 14.5 Å². The van der Waals surface area contributed by atoms with E-state index in [1.807, 2.05) is 31.4 Å². The number of allylic oxidation sites excluding steroid dienone is 7. The molecule has 0 amide bonds. The largest absolute Gasteiger partial charge is 0.357 e. The van der Waals surface area contributed by atoms with Crippen LogP contribution in [-0.2, 0) is 6.54 Å². The number of aromatic nitrogens is 3. The molecule has 4 aromatic rings. The number of halogens is 1. The number of hydrogen-bond donors (Lipinski definition) is 3. The molecular weight excluding hydrogens is 588 g/mol. The Hall–Kier alpha value is -4.13. The van der Waals surface area contributed by atoms with Gasteiger partial charge in [0.2, 0.25) is 0 Å². The van der Waals surface area contributed by atoms with Crippen molar-refractivity contribution in [1.82, 2.24) is 19.9 Å². The molecule has 1 fully saturated rings. The van der Waals surface area contributed by atoms with Gasteiger partial charge in [0, 0.05) is 23.2 Å². The molecule has 4 nitrogen and oxygen atoms in total. The maximum absolute atomic E-state index is 14.9. The number of hydrogen-bond acceptors (Lipinski definition) is 2. The Kier molecular flexibility index (Phi) is 10.5. The Morgan fingerprint density at radius 2 is 1.85 bits per heavy atom. The molecule has 2 aromatic heterocycles. The van der Waals surface area contributed by atoms with E-state index in [1.54, 1.807) is 18.2 Å². The minimum absolute atomic E-state index is 0.291. The molecule has 1 aliphatic rings. The van der Waals surface area contributed by atoms with Crippen LogP contribution in [0.5, 0.6) is 0 Å². The summed E-state index contributed by atoms with van der Waals surface area (Å²) in [6.07, 6.45) is 19.9. The number of aromatic amines is 2. The molecule has 0 atom stereocenters. The highest BCUT2D eigenvalue weighted by molar-refractivity contribution is 8.25. The number of rotatable bonds is 12. The van der Waals surface area contributed by atoms with Gasteiger partial charge in [0.1, 0.15) is 11.5 Å². The van der Waals surface area contributed by atoms with Crippen LogP contribution >= 0.6 is 9.39 Å². The Balaban J connectivity index is 1.48. The number of nitrogens with zero attached hydrogens (tertiary/aromatic N) is 1. The van der Waals surface area contributed by atoms with Gasteiger partial charge in [-0.1, -0.05) is 93.4 Å². The molecule has 0 bridgehead atoms. The summed E-state index contributed by atoms with van der Waals surface area (Å²) in [4.78, 5) is 3.55. The monoisotopic (exact) mass is 634 g/mol. The highest BCUT2D eigenvalue weighted by Gasteiger charge is 2.18. The Bertz CT molecular complexity index is 1940. The van der Waals surface area contributed by atoms with Crippen LogP contribution in [0.2, 0.25) is 0 Å². The second kappa shape index (κ2) is 14.5. The van der Waals surface area contributed by atoms with Gasteiger partial charge in [-0.05, 0) is 102 Å².